The van der Waals surface area contributed by atoms with Crippen LogP contribution in [0, 0.1) is 6.92 Å². The van der Waals surface area contributed by atoms with Gasteiger partial charge in [0.15, 0.2) is 0 Å². The summed E-state index contributed by atoms with van der Waals surface area (Å²) in [6, 6.07) is 25.9. The fourth-order valence-electron chi connectivity index (χ4n) is 2.73. The molecule has 0 fully saturated rings. The Kier molecular flexibility index (Phi) is 4.73. The largest absolute Gasteiger partial charge is 0.135 e. The van der Waals surface area contributed by atoms with Gasteiger partial charge in [-0.25, -0.2) is 0 Å². The number of thiophene rings is 1. The van der Waals surface area contributed by atoms with Gasteiger partial charge < -0.3 is 0 Å². The monoisotopic (exact) mass is 332 g/mol. The zero-order valence-corrected chi connectivity index (χ0v) is 15.7. The number of rotatable bonds is 0. The smallest absolute Gasteiger partial charge is 0.0355 e. The maximum Gasteiger partial charge on any atom is 0.0355 e. The molecule has 0 nitrogen and oxygen atoms in total. The van der Waals surface area contributed by atoms with Crippen LogP contribution in [0.15, 0.2) is 72.8 Å². The van der Waals surface area contributed by atoms with Gasteiger partial charge in [-0.3, -0.25) is 0 Å². The first-order chi connectivity index (χ1) is 11.4. The minimum absolute atomic E-state index is 0.285. The summed E-state index contributed by atoms with van der Waals surface area (Å²) in [5.74, 6) is 0. The Morgan fingerprint density at radius 1 is 0.625 bits per heavy atom. The molecule has 0 amide bonds. The van der Waals surface area contributed by atoms with Crippen molar-refractivity contribution in [2.24, 2.45) is 0 Å². The molecular weight excluding hydrogens is 308 g/mol. The molecule has 0 bridgehead atoms. The molecule has 24 heavy (non-hydrogen) atoms. The molecule has 122 valence electrons. The van der Waals surface area contributed by atoms with Crippen LogP contribution < -0.4 is 0 Å². The molecule has 1 aromatic heterocycles. The van der Waals surface area contributed by atoms with Crippen LogP contribution in [0.5, 0.6) is 0 Å². The second kappa shape index (κ2) is 6.78. The molecule has 3 aromatic carbocycles. The van der Waals surface area contributed by atoms with Crippen LogP contribution in [0.1, 0.15) is 31.9 Å². The Labute approximate surface area is 148 Å². The zero-order valence-electron chi connectivity index (χ0n) is 14.8. The minimum atomic E-state index is 0.285. The first kappa shape index (κ1) is 16.7. The number of hydrogen-bond donors (Lipinski definition) is 0. The lowest BCUT2D eigenvalue weighted by Gasteiger charge is -2.18. The van der Waals surface area contributed by atoms with Gasteiger partial charge in [-0.05, 0) is 30.0 Å². The van der Waals surface area contributed by atoms with Crippen LogP contribution in [0.2, 0.25) is 0 Å². The van der Waals surface area contributed by atoms with Crippen molar-refractivity contribution in [3.8, 4) is 0 Å². The maximum atomic E-state index is 2.23. The molecule has 4 aromatic rings. The quantitative estimate of drug-likeness (QED) is 0.316. The van der Waals surface area contributed by atoms with E-state index in [2.05, 4.69) is 100 Å². The van der Waals surface area contributed by atoms with Crippen molar-refractivity contribution in [2.75, 3.05) is 0 Å². The number of hydrogen-bond acceptors (Lipinski definition) is 1. The molecule has 0 N–H and O–H groups in total. The lowest BCUT2D eigenvalue weighted by Crippen LogP contribution is -2.10. The fourth-order valence-corrected chi connectivity index (χ4v) is 3.83. The molecule has 0 saturated heterocycles. The molecule has 0 radical (unpaired) electrons. The number of aryl methyl sites for hydroxylation is 1. The van der Waals surface area contributed by atoms with Crippen molar-refractivity contribution in [3.05, 3.63) is 83.9 Å². The minimum Gasteiger partial charge on any atom is -0.135 e. The van der Waals surface area contributed by atoms with Crippen molar-refractivity contribution in [1.29, 1.82) is 0 Å². The Balaban J connectivity index is 0.000000144. The van der Waals surface area contributed by atoms with Crippen LogP contribution in [-0.2, 0) is 5.41 Å². The van der Waals surface area contributed by atoms with Crippen LogP contribution in [0.4, 0.5) is 0 Å². The molecular formula is C23H24S. The summed E-state index contributed by atoms with van der Waals surface area (Å²) in [7, 11) is 0. The first-order valence-electron chi connectivity index (χ1n) is 8.38. The summed E-state index contributed by atoms with van der Waals surface area (Å²) >= 11 is 1.86. The van der Waals surface area contributed by atoms with Gasteiger partial charge in [0.25, 0.3) is 0 Å². The van der Waals surface area contributed by atoms with Gasteiger partial charge in [0.2, 0.25) is 0 Å². The Morgan fingerprint density at radius 3 is 1.54 bits per heavy atom. The molecule has 0 atom stereocenters. The van der Waals surface area contributed by atoms with Gasteiger partial charge in [-0.1, -0.05) is 87.0 Å². The van der Waals surface area contributed by atoms with E-state index in [1.54, 1.807) is 0 Å². The Bertz CT molecular complexity index is 887. The highest BCUT2D eigenvalue weighted by atomic mass is 32.1. The highest BCUT2D eigenvalue weighted by Gasteiger charge is 2.11. The van der Waals surface area contributed by atoms with Crippen LogP contribution in [0.3, 0.4) is 0 Å². The molecule has 0 spiro atoms. The molecule has 1 heteroatoms. The molecule has 0 unspecified atom stereocenters. The maximum absolute atomic E-state index is 2.23. The van der Waals surface area contributed by atoms with E-state index in [-0.39, 0.29) is 5.41 Å². The van der Waals surface area contributed by atoms with E-state index in [4.69, 9.17) is 0 Å². The molecule has 0 saturated carbocycles. The van der Waals surface area contributed by atoms with E-state index in [9.17, 15) is 0 Å². The highest BCUT2D eigenvalue weighted by Crippen LogP contribution is 2.32. The second-order valence-electron chi connectivity index (χ2n) is 7.21. The third-order valence-electron chi connectivity index (χ3n) is 4.20. The van der Waals surface area contributed by atoms with E-state index < -0.39 is 0 Å². The van der Waals surface area contributed by atoms with Gasteiger partial charge >= 0.3 is 0 Å². The van der Waals surface area contributed by atoms with Crippen LogP contribution in [-0.4, -0.2) is 0 Å². The molecule has 0 aliphatic heterocycles. The van der Waals surface area contributed by atoms with Gasteiger partial charge in [0.05, 0.1) is 0 Å². The summed E-state index contributed by atoms with van der Waals surface area (Å²) in [5.41, 5.74) is 3.02. The fraction of sp³-hybridized carbons (Fsp3) is 0.217. The predicted molar refractivity (Wildman–Crippen MR) is 109 cm³/mol. The van der Waals surface area contributed by atoms with E-state index in [0.717, 1.165) is 0 Å². The predicted octanol–water partition coefficient (Wildman–Crippen LogP) is 7.35. The van der Waals surface area contributed by atoms with Crippen LogP contribution >= 0.6 is 11.3 Å². The van der Waals surface area contributed by atoms with Crippen molar-refractivity contribution in [3.63, 3.8) is 0 Å². The lowest BCUT2D eigenvalue weighted by atomic mass is 9.87. The average molecular weight is 333 g/mol. The van der Waals surface area contributed by atoms with E-state index in [0.29, 0.717) is 0 Å². The standard InChI is InChI=1S/C12H8S.C11H16/c1-3-7-11-9(5-1)10-6-2-4-8-12(10)13-11;1-9-5-7-10(8-6-9)11(2,3)4/h1-8H;5-8H,1-4H3. The van der Waals surface area contributed by atoms with E-state index in [1.165, 1.54) is 31.3 Å². The Hall–Kier alpha value is -2.12. The third-order valence-corrected chi connectivity index (χ3v) is 5.35. The lowest BCUT2D eigenvalue weighted by molar-refractivity contribution is 0.590. The molecule has 0 aliphatic rings. The van der Waals surface area contributed by atoms with E-state index in [1.807, 2.05) is 11.3 Å². The molecule has 4 rings (SSSR count). The summed E-state index contributed by atoms with van der Waals surface area (Å²) in [5, 5.41) is 2.76. The second-order valence-corrected chi connectivity index (χ2v) is 8.29. The van der Waals surface area contributed by atoms with E-state index >= 15 is 0 Å². The number of benzene rings is 3. The highest BCUT2D eigenvalue weighted by molar-refractivity contribution is 7.25. The topological polar surface area (TPSA) is 0 Å². The van der Waals surface area contributed by atoms with Gasteiger partial charge in [0.1, 0.15) is 0 Å². The SMILES string of the molecule is Cc1ccc(C(C)(C)C)cc1.c1ccc2c(c1)sc1ccccc12. The first-order valence-corrected chi connectivity index (χ1v) is 9.20. The normalized spacial score (nSPS) is 11.3. The molecule has 1 heterocycles. The van der Waals surface area contributed by atoms with Gasteiger partial charge in [0, 0.05) is 20.2 Å². The summed E-state index contributed by atoms with van der Waals surface area (Å²) in [4.78, 5) is 0. The summed E-state index contributed by atoms with van der Waals surface area (Å²) in [6.07, 6.45) is 0. The van der Waals surface area contributed by atoms with Crippen molar-refractivity contribution >= 4 is 31.5 Å². The summed E-state index contributed by atoms with van der Waals surface area (Å²) in [6.45, 7) is 8.82. The zero-order chi connectivity index (χ0) is 17.2. The number of fused-ring (bicyclic) bond motifs is 3. The third kappa shape index (κ3) is 3.68. The van der Waals surface area contributed by atoms with Crippen molar-refractivity contribution in [1.82, 2.24) is 0 Å². The van der Waals surface area contributed by atoms with Crippen molar-refractivity contribution < 1.29 is 0 Å². The van der Waals surface area contributed by atoms with Crippen molar-refractivity contribution in [2.45, 2.75) is 33.1 Å². The van der Waals surface area contributed by atoms with Gasteiger partial charge in [-0.15, -0.1) is 11.3 Å². The molecule has 0 aliphatic carbocycles. The average Bonchev–Trinajstić information content (AvgIpc) is 2.94. The Morgan fingerprint density at radius 2 is 1.08 bits per heavy atom. The van der Waals surface area contributed by atoms with Gasteiger partial charge in [-0.2, -0.15) is 0 Å². The summed E-state index contributed by atoms with van der Waals surface area (Å²) < 4.78 is 2.76. The van der Waals surface area contributed by atoms with Crippen LogP contribution in [0.25, 0.3) is 20.2 Å².